The van der Waals surface area contributed by atoms with Gasteiger partial charge < -0.3 is 19.3 Å². The molecule has 0 unspecified atom stereocenters. The van der Waals surface area contributed by atoms with Crippen LogP contribution in [0.1, 0.15) is 86.5 Å². The summed E-state index contributed by atoms with van der Waals surface area (Å²) in [6, 6.07) is 25.6. The minimum Gasteiger partial charge on any atom is -0.490 e. The molecule has 13 heteroatoms. The molecule has 4 fully saturated rings. The number of piperidine rings is 2. The van der Waals surface area contributed by atoms with E-state index in [-0.39, 0.29) is 23.5 Å². The van der Waals surface area contributed by atoms with Gasteiger partial charge in [0, 0.05) is 61.0 Å². The van der Waals surface area contributed by atoms with Crippen molar-refractivity contribution in [2.75, 3.05) is 32.7 Å². The Morgan fingerprint density at radius 3 is 1.36 bits per heavy atom. The van der Waals surface area contributed by atoms with Gasteiger partial charge in [0.2, 0.25) is 5.91 Å². The van der Waals surface area contributed by atoms with Crippen LogP contribution in [0, 0.1) is 0 Å². The second-order valence-corrected chi connectivity index (χ2v) is 17.2. The molecule has 0 spiro atoms. The number of nitrogens with zero attached hydrogens (tertiary/aromatic N) is 2. The van der Waals surface area contributed by atoms with Crippen LogP contribution in [0.2, 0.25) is 10.0 Å². The van der Waals surface area contributed by atoms with Crippen molar-refractivity contribution < 1.29 is 40.6 Å². The monoisotopic (exact) mass is 860 g/mol. The van der Waals surface area contributed by atoms with E-state index in [0.29, 0.717) is 42.5 Å². The van der Waals surface area contributed by atoms with Crippen molar-refractivity contribution in [3.8, 4) is 11.5 Å². The first kappa shape index (κ1) is 43.2. The fourth-order valence-corrected chi connectivity index (χ4v) is 9.04. The van der Waals surface area contributed by atoms with Crippen molar-refractivity contribution in [2.24, 2.45) is 0 Å². The van der Waals surface area contributed by atoms with Crippen LogP contribution in [-0.4, -0.2) is 60.6 Å². The number of hydrogen-bond donors (Lipinski definition) is 0. The molecule has 4 aromatic carbocycles. The van der Waals surface area contributed by atoms with Crippen LogP contribution in [0.3, 0.4) is 0 Å². The van der Waals surface area contributed by atoms with E-state index in [1.165, 1.54) is 49.1 Å². The van der Waals surface area contributed by atoms with Gasteiger partial charge in [-0.1, -0.05) is 60.3 Å². The average Bonchev–Trinajstić information content (AvgIpc) is 3.18. The zero-order chi connectivity index (χ0) is 41.8. The van der Waals surface area contributed by atoms with E-state index in [9.17, 15) is 31.1 Å². The molecule has 0 bridgehead atoms. The molecule has 2 heterocycles. The van der Waals surface area contributed by atoms with Gasteiger partial charge in [0.05, 0.1) is 16.5 Å². The lowest BCUT2D eigenvalue weighted by molar-refractivity contribution is -0.143. The molecule has 59 heavy (non-hydrogen) atoms. The van der Waals surface area contributed by atoms with Crippen LogP contribution in [0.5, 0.6) is 11.5 Å². The first-order valence-corrected chi connectivity index (χ1v) is 21.1. The van der Waals surface area contributed by atoms with Gasteiger partial charge in [-0.2, -0.15) is 26.3 Å². The highest BCUT2D eigenvalue weighted by Crippen LogP contribution is 2.47. The molecule has 4 aliphatic rings. The summed E-state index contributed by atoms with van der Waals surface area (Å²) in [5, 5.41) is 1.42. The van der Waals surface area contributed by atoms with Crippen molar-refractivity contribution in [3.63, 3.8) is 0 Å². The summed E-state index contributed by atoms with van der Waals surface area (Å²) < 4.78 is 87.9. The topological polar surface area (TPSA) is 42.0 Å². The van der Waals surface area contributed by atoms with Crippen molar-refractivity contribution in [3.05, 3.63) is 129 Å². The maximum absolute atomic E-state index is 13.3. The first-order valence-electron chi connectivity index (χ1n) is 20.3. The van der Waals surface area contributed by atoms with Gasteiger partial charge in [0.25, 0.3) is 0 Å². The van der Waals surface area contributed by atoms with Gasteiger partial charge in [-0.05, 0) is 122 Å². The summed E-state index contributed by atoms with van der Waals surface area (Å²) in [6.45, 7) is 4.10. The first-order chi connectivity index (χ1) is 28.1. The van der Waals surface area contributed by atoms with Gasteiger partial charge in [-0.15, -0.1) is 0 Å². The van der Waals surface area contributed by atoms with Gasteiger partial charge in [-0.25, -0.2) is 0 Å². The fourth-order valence-electron chi connectivity index (χ4n) is 8.79. The molecule has 4 aromatic rings. The molecule has 0 radical (unpaired) electrons. The molecular weight excluding hydrogens is 813 g/mol. The Labute approximate surface area is 351 Å². The molecule has 0 aromatic heterocycles. The number of benzene rings is 4. The number of ether oxygens (including phenoxy) is 2. The van der Waals surface area contributed by atoms with Crippen molar-refractivity contribution in [1.29, 1.82) is 0 Å². The fraction of sp³-hybridized carbons (Fsp3) is 0.457. The quantitative estimate of drug-likeness (QED) is 0.157. The molecule has 2 aliphatic heterocycles. The van der Waals surface area contributed by atoms with Gasteiger partial charge in [0.15, 0.2) is 0 Å². The highest BCUT2D eigenvalue weighted by Gasteiger charge is 2.48. The van der Waals surface area contributed by atoms with Crippen LogP contribution in [0.25, 0.3) is 0 Å². The largest absolute Gasteiger partial charge is 0.490 e. The van der Waals surface area contributed by atoms with E-state index in [1.54, 1.807) is 0 Å². The number of carbonyl (C=O) groups excluding carboxylic acids is 1. The smallest absolute Gasteiger partial charge is 0.416 e. The lowest BCUT2D eigenvalue weighted by atomic mass is 9.63. The highest BCUT2D eigenvalue weighted by molar-refractivity contribution is 6.30. The summed E-state index contributed by atoms with van der Waals surface area (Å²) in [5.74, 6) is 1.08. The van der Waals surface area contributed by atoms with E-state index in [1.807, 2.05) is 41.3 Å². The number of likely N-dealkylation sites (tertiary alicyclic amines) is 2. The molecule has 2 saturated heterocycles. The molecular formula is C46H48Cl2F6N2O3. The molecule has 5 nitrogen and oxygen atoms in total. The van der Waals surface area contributed by atoms with Gasteiger partial charge in [-0.3, -0.25) is 4.79 Å². The Hall–Kier alpha value is -3.93. The summed E-state index contributed by atoms with van der Waals surface area (Å²) in [5.41, 5.74) is 0.829. The van der Waals surface area contributed by atoms with Crippen LogP contribution < -0.4 is 9.47 Å². The Balaban J connectivity index is 0.000000179. The minimum atomic E-state index is -4.36. The third-order valence-corrected chi connectivity index (χ3v) is 13.0. The average molecular weight is 862 g/mol. The van der Waals surface area contributed by atoms with Crippen molar-refractivity contribution in [2.45, 2.75) is 99.6 Å². The van der Waals surface area contributed by atoms with E-state index in [2.05, 4.69) is 17.0 Å². The summed E-state index contributed by atoms with van der Waals surface area (Å²) in [6.07, 6.45) is 0.741. The second kappa shape index (κ2) is 18.0. The lowest BCUT2D eigenvalue weighted by Gasteiger charge is -2.47. The Morgan fingerprint density at radius 1 is 0.576 bits per heavy atom. The molecule has 0 N–H and O–H groups in total. The van der Waals surface area contributed by atoms with Crippen LogP contribution in [0.15, 0.2) is 97.1 Å². The molecule has 2 saturated carbocycles. The lowest BCUT2D eigenvalue weighted by Crippen LogP contribution is -2.53. The number of rotatable bonds is 9. The molecule has 8 rings (SSSR count). The Morgan fingerprint density at radius 2 is 0.983 bits per heavy atom. The molecule has 1 amide bonds. The summed E-state index contributed by atoms with van der Waals surface area (Å²) in [4.78, 5) is 17.7. The van der Waals surface area contributed by atoms with Gasteiger partial charge >= 0.3 is 12.4 Å². The van der Waals surface area contributed by atoms with Crippen molar-refractivity contribution >= 4 is 29.1 Å². The second-order valence-electron chi connectivity index (χ2n) is 16.3. The van der Waals surface area contributed by atoms with Crippen LogP contribution in [0.4, 0.5) is 26.3 Å². The third kappa shape index (κ3) is 10.3. The highest BCUT2D eigenvalue weighted by atomic mass is 35.5. The minimum absolute atomic E-state index is 0.0517. The summed E-state index contributed by atoms with van der Waals surface area (Å²) in [7, 11) is 0. The predicted molar refractivity (Wildman–Crippen MR) is 217 cm³/mol. The molecule has 0 atom stereocenters. The van der Waals surface area contributed by atoms with Gasteiger partial charge in [0.1, 0.15) is 23.7 Å². The van der Waals surface area contributed by atoms with E-state index in [4.69, 9.17) is 32.7 Å². The van der Waals surface area contributed by atoms with E-state index in [0.717, 1.165) is 86.6 Å². The predicted octanol–water partition coefficient (Wildman–Crippen LogP) is 12.2. The number of amides is 1. The zero-order valence-corrected chi connectivity index (χ0v) is 34.2. The number of hydrogen-bond acceptors (Lipinski definition) is 4. The normalized spacial score (nSPS) is 19.8. The van der Waals surface area contributed by atoms with Crippen LogP contribution >= 0.6 is 23.2 Å². The Kier molecular flexibility index (Phi) is 13.1. The SMILES string of the molecule is FC(F)(F)c1ccc(OC2CCN(CC3(c4ccc(Cl)cc4)CCC3)CC2)cc1.O=C(N1CCC(Oc2ccc(C(F)(F)F)cc2)CC1)C1(c2ccc(Cl)cc2)CCC1. The number of halogens is 8. The molecule has 2 aliphatic carbocycles. The standard InChI is InChI=1S/C23H23ClF3NO2.C23H25ClF3NO/c24-18-6-2-16(3-7-18)22(12-1-13-22)21(29)28-14-10-20(11-15-28)30-19-8-4-17(5-9-19)23(25,26)27;24-19-6-2-17(3-7-19)22(12-1-13-22)16-28-14-10-21(11-15-28)29-20-8-4-18(5-9-20)23(25,26)27/h2-9,20H,1,10-15H2;2-9,21H,1,10-16H2. The van der Waals surface area contributed by atoms with E-state index < -0.39 is 28.9 Å². The third-order valence-electron chi connectivity index (χ3n) is 12.5. The maximum atomic E-state index is 13.3. The number of alkyl halides is 6. The molecule has 316 valence electrons. The van der Waals surface area contributed by atoms with Crippen LogP contribution in [-0.2, 0) is 28.0 Å². The number of carbonyl (C=O) groups is 1. The maximum Gasteiger partial charge on any atom is 0.416 e. The van der Waals surface area contributed by atoms with Crippen molar-refractivity contribution in [1.82, 2.24) is 9.80 Å². The summed E-state index contributed by atoms with van der Waals surface area (Å²) >= 11 is 12.0. The zero-order valence-electron chi connectivity index (χ0n) is 32.6. The van der Waals surface area contributed by atoms with E-state index >= 15 is 0 Å². The Bertz CT molecular complexity index is 1980.